The Hall–Kier alpha value is -1.19. The maximum atomic E-state index is 12.1. The van der Waals surface area contributed by atoms with E-state index in [1.54, 1.807) is 10.8 Å². The summed E-state index contributed by atoms with van der Waals surface area (Å²) in [5, 5.41) is 9.60. The van der Waals surface area contributed by atoms with E-state index in [4.69, 9.17) is 0 Å². The third kappa shape index (κ3) is 6.84. The van der Waals surface area contributed by atoms with Gasteiger partial charge in [-0.15, -0.1) is 0 Å². The van der Waals surface area contributed by atoms with Crippen LogP contribution in [0, 0.1) is 0 Å². The fourth-order valence-corrected chi connectivity index (χ4v) is 3.37. The molecule has 4 nitrogen and oxygen atoms in total. The van der Waals surface area contributed by atoms with Gasteiger partial charge in [0.2, 0.25) is 5.88 Å². The van der Waals surface area contributed by atoms with E-state index in [0.29, 0.717) is 0 Å². The number of nitrogens with zero attached hydrogens (tertiary/aromatic N) is 1. The van der Waals surface area contributed by atoms with Gasteiger partial charge in [0.15, 0.2) is 0 Å². The van der Waals surface area contributed by atoms with Crippen molar-refractivity contribution in [2.75, 3.05) is 0 Å². The van der Waals surface area contributed by atoms with Crippen molar-refractivity contribution in [3.8, 4) is 5.88 Å². The lowest BCUT2D eigenvalue weighted by molar-refractivity contribution is 0.244. The molecule has 1 heterocycles. The van der Waals surface area contributed by atoms with E-state index in [2.05, 4.69) is 25.8 Å². The van der Waals surface area contributed by atoms with Crippen LogP contribution in [0.25, 0.3) is 0 Å². The Balaban J connectivity index is 2.61. The third-order valence-electron chi connectivity index (χ3n) is 4.92. The van der Waals surface area contributed by atoms with E-state index < -0.39 is 0 Å². The highest BCUT2D eigenvalue weighted by Crippen LogP contribution is 2.30. The number of H-pyrrole nitrogens is 1. The summed E-state index contributed by atoms with van der Waals surface area (Å²) in [6.45, 7) is 6.61. The van der Waals surface area contributed by atoms with Gasteiger partial charge >= 0.3 is 5.69 Å². The Bertz CT molecular complexity index is 478. The predicted octanol–water partition coefficient (Wildman–Crippen LogP) is 5.32. The van der Waals surface area contributed by atoms with Gasteiger partial charge in [0, 0.05) is 5.54 Å². The summed E-state index contributed by atoms with van der Waals surface area (Å²) in [5.41, 5.74) is -0.376. The monoisotopic (exact) mass is 324 g/mol. The van der Waals surface area contributed by atoms with Crippen molar-refractivity contribution in [3.63, 3.8) is 0 Å². The summed E-state index contributed by atoms with van der Waals surface area (Å²) >= 11 is 0. The van der Waals surface area contributed by atoms with E-state index in [9.17, 15) is 9.90 Å². The lowest BCUT2D eigenvalue weighted by Gasteiger charge is -2.31. The molecule has 0 aromatic carbocycles. The second-order valence-corrected chi connectivity index (χ2v) is 7.14. The maximum absolute atomic E-state index is 12.1. The Morgan fingerprint density at radius 3 is 1.91 bits per heavy atom. The molecule has 23 heavy (non-hydrogen) atoms. The number of aromatic hydroxyl groups is 1. The topological polar surface area (TPSA) is 58.0 Å². The lowest BCUT2D eigenvalue weighted by atomic mass is 9.87. The molecule has 1 atom stereocenters. The Morgan fingerprint density at radius 2 is 1.43 bits per heavy atom. The van der Waals surface area contributed by atoms with Gasteiger partial charge in [0.1, 0.15) is 0 Å². The quantitative estimate of drug-likeness (QED) is 0.482. The second-order valence-electron chi connectivity index (χ2n) is 7.14. The standard InChI is InChI=1S/C19H36N2O2/c1-4-6-8-10-11-13-15-19(3,14-12-9-7-5-2)21-16-17(22)20-18(21)23/h16,22H,4-15H2,1-3H3,(H,20,23). The molecular formula is C19H36N2O2. The van der Waals surface area contributed by atoms with Crippen molar-refractivity contribution < 1.29 is 5.11 Å². The van der Waals surface area contributed by atoms with Crippen molar-refractivity contribution in [3.05, 3.63) is 16.7 Å². The van der Waals surface area contributed by atoms with Crippen LogP contribution in [0.15, 0.2) is 11.0 Å². The van der Waals surface area contributed by atoms with Gasteiger partial charge in [-0.25, -0.2) is 4.79 Å². The van der Waals surface area contributed by atoms with E-state index in [-0.39, 0.29) is 17.1 Å². The number of rotatable bonds is 13. The molecule has 0 saturated heterocycles. The van der Waals surface area contributed by atoms with Crippen LogP contribution in [0.3, 0.4) is 0 Å². The Morgan fingerprint density at radius 1 is 0.957 bits per heavy atom. The van der Waals surface area contributed by atoms with Crippen LogP contribution in [0.4, 0.5) is 0 Å². The smallest absolute Gasteiger partial charge is 0.328 e. The first-order chi connectivity index (χ1) is 11.0. The van der Waals surface area contributed by atoms with Crippen LogP contribution >= 0.6 is 0 Å². The molecule has 1 rings (SSSR count). The average Bonchev–Trinajstić information content (AvgIpc) is 2.87. The first-order valence-electron chi connectivity index (χ1n) is 9.54. The Labute approximate surface area is 141 Å². The van der Waals surface area contributed by atoms with Gasteiger partial charge < -0.3 is 5.11 Å². The van der Waals surface area contributed by atoms with E-state index in [1.807, 2.05) is 0 Å². The van der Waals surface area contributed by atoms with E-state index >= 15 is 0 Å². The van der Waals surface area contributed by atoms with Crippen molar-refractivity contribution >= 4 is 0 Å². The van der Waals surface area contributed by atoms with Crippen molar-refractivity contribution in [2.24, 2.45) is 0 Å². The molecule has 0 saturated carbocycles. The number of hydrogen-bond acceptors (Lipinski definition) is 2. The van der Waals surface area contributed by atoms with Gasteiger partial charge in [-0.2, -0.15) is 0 Å². The highest BCUT2D eigenvalue weighted by Gasteiger charge is 2.27. The summed E-state index contributed by atoms with van der Waals surface area (Å²) in [6, 6.07) is 0. The Kier molecular flexibility index (Phi) is 9.12. The fraction of sp³-hybridized carbons (Fsp3) is 0.842. The zero-order valence-corrected chi connectivity index (χ0v) is 15.4. The zero-order chi connectivity index (χ0) is 17.1. The molecule has 134 valence electrons. The van der Waals surface area contributed by atoms with Crippen LogP contribution in [-0.4, -0.2) is 14.7 Å². The molecule has 1 aromatic rings. The van der Waals surface area contributed by atoms with Gasteiger partial charge in [-0.3, -0.25) is 9.55 Å². The molecule has 1 aromatic heterocycles. The molecule has 4 heteroatoms. The first kappa shape index (κ1) is 19.9. The number of nitrogens with one attached hydrogen (secondary N) is 1. The SMILES string of the molecule is CCCCCCCCC(C)(CCCCCC)n1cc(O)[nH]c1=O. The normalized spacial score (nSPS) is 14.0. The number of unbranched alkanes of at least 4 members (excludes halogenated alkanes) is 8. The van der Waals surface area contributed by atoms with Crippen LogP contribution in [0.5, 0.6) is 5.88 Å². The molecular weight excluding hydrogens is 288 g/mol. The van der Waals surface area contributed by atoms with Crippen molar-refractivity contribution in [2.45, 2.75) is 103 Å². The van der Waals surface area contributed by atoms with Crippen LogP contribution in [-0.2, 0) is 5.54 Å². The molecule has 0 aliphatic carbocycles. The minimum atomic E-state index is -0.188. The molecule has 0 aliphatic rings. The molecule has 0 amide bonds. The molecule has 0 aliphatic heterocycles. The summed E-state index contributed by atoms with van der Waals surface area (Å²) in [7, 11) is 0. The molecule has 0 radical (unpaired) electrons. The van der Waals surface area contributed by atoms with Gasteiger partial charge in [-0.1, -0.05) is 78.1 Å². The minimum absolute atomic E-state index is 0.0299. The summed E-state index contributed by atoms with van der Waals surface area (Å²) < 4.78 is 1.72. The van der Waals surface area contributed by atoms with E-state index in [1.165, 1.54) is 51.4 Å². The number of aromatic amines is 1. The molecule has 0 fully saturated rings. The summed E-state index contributed by atoms with van der Waals surface area (Å²) in [5.74, 6) is -0.0299. The number of hydrogen-bond donors (Lipinski definition) is 2. The highest BCUT2D eigenvalue weighted by atomic mass is 16.3. The maximum Gasteiger partial charge on any atom is 0.328 e. The van der Waals surface area contributed by atoms with Gasteiger partial charge in [0.25, 0.3) is 0 Å². The summed E-state index contributed by atoms with van der Waals surface area (Å²) in [6.07, 6.45) is 16.0. The molecule has 2 N–H and O–H groups in total. The van der Waals surface area contributed by atoms with Crippen molar-refractivity contribution in [1.29, 1.82) is 0 Å². The second kappa shape index (κ2) is 10.6. The van der Waals surface area contributed by atoms with Crippen LogP contribution in [0.2, 0.25) is 0 Å². The largest absolute Gasteiger partial charge is 0.493 e. The lowest BCUT2D eigenvalue weighted by Crippen LogP contribution is -2.37. The van der Waals surface area contributed by atoms with Gasteiger partial charge in [-0.05, 0) is 19.8 Å². The first-order valence-corrected chi connectivity index (χ1v) is 9.54. The third-order valence-corrected chi connectivity index (χ3v) is 4.92. The fourth-order valence-electron chi connectivity index (χ4n) is 3.37. The van der Waals surface area contributed by atoms with Crippen LogP contribution < -0.4 is 5.69 Å². The average molecular weight is 325 g/mol. The van der Waals surface area contributed by atoms with Crippen LogP contribution in [0.1, 0.15) is 97.8 Å². The van der Waals surface area contributed by atoms with Gasteiger partial charge in [0.05, 0.1) is 6.20 Å². The zero-order valence-electron chi connectivity index (χ0n) is 15.4. The molecule has 0 bridgehead atoms. The molecule has 0 spiro atoms. The van der Waals surface area contributed by atoms with Crippen molar-refractivity contribution in [1.82, 2.24) is 9.55 Å². The summed E-state index contributed by atoms with van der Waals surface area (Å²) in [4.78, 5) is 14.6. The van der Waals surface area contributed by atoms with E-state index in [0.717, 1.165) is 25.7 Å². The number of aromatic nitrogens is 2. The molecule has 1 unspecified atom stereocenters. The minimum Gasteiger partial charge on any atom is -0.493 e. The number of imidazole rings is 1. The predicted molar refractivity (Wildman–Crippen MR) is 97.1 cm³/mol. The highest BCUT2D eigenvalue weighted by molar-refractivity contribution is 5.04.